The number of hydrogen-bond acceptors (Lipinski definition) is 1. The highest BCUT2D eigenvalue weighted by molar-refractivity contribution is 9.10. The van der Waals surface area contributed by atoms with Crippen molar-refractivity contribution in [3.05, 3.63) is 69.4 Å². The van der Waals surface area contributed by atoms with E-state index in [-0.39, 0.29) is 18.0 Å². The third kappa shape index (κ3) is 3.05. The zero-order valence-electron chi connectivity index (χ0n) is 9.91. The SMILES string of the molecule is Cc1cc(C(=O)Cc2cccc(F)c2)ccc1Br. The topological polar surface area (TPSA) is 17.1 Å². The summed E-state index contributed by atoms with van der Waals surface area (Å²) in [5.41, 5.74) is 2.36. The van der Waals surface area contributed by atoms with Crippen LogP contribution in [0.25, 0.3) is 0 Å². The third-order valence-electron chi connectivity index (χ3n) is 2.73. The maximum Gasteiger partial charge on any atom is 0.167 e. The number of halogens is 2. The van der Waals surface area contributed by atoms with Crippen molar-refractivity contribution < 1.29 is 9.18 Å². The zero-order chi connectivity index (χ0) is 13.1. The van der Waals surface area contributed by atoms with Crippen LogP contribution in [0.5, 0.6) is 0 Å². The molecule has 0 saturated heterocycles. The van der Waals surface area contributed by atoms with Crippen LogP contribution in [0.3, 0.4) is 0 Å². The van der Waals surface area contributed by atoms with Gasteiger partial charge in [-0.05, 0) is 42.3 Å². The molecule has 0 saturated carbocycles. The van der Waals surface area contributed by atoms with Crippen molar-refractivity contribution in [1.29, 1.82) is 0 Å². The molecule has 18 heavy (non-hydrogen) atoms. The highest BCUT2D eigenvalue weighted by Gasteiger charge is 2.08. The van der Waals surface area contributed by atoms with E-state index < -0.39 is 0 Å². The van der Waals surface area contributed by atoms with Crippen molar-refractivity contribution in [3.63, 3.8) is 0 Å². The fourth-order valence-electron chi connectivity index (χ4n) is 1.75. The second-order valence-electron chi connectivity index (χ2n) is 4.19. The highest BCUT2D eigenvalue weighted by atomic mass is 79.9. The monoisotopic (exact) mass is 306 g/mol. The molecule has 0 aliphatic heterocycles. The quantitative estimate of drug-likeness (QED) is 0.772. The van der Waals surface area contributed by atoms with Crippen molar-refractivity contribution in [3.8, 4) is 0 Å². The number of rotatable bonds is 3. The van der Waals surface area contributed by atoms with Crippen LogP contribution in [-0.2, 0) is 6.42 Å². The molecule has 0 N–H and O–H groups in total. The molecule has 2 aromatic rings. The fraction of sp³-hybridized carbons (Fsp3) is 0.133. The first-order valence-corrected chi connectivity index (χ1v) is 6.39. The van der Waals surface area contributed by atoms with E-state index in [2.05, 4.69) is 15.9 Å². The van der Waals surface area contributed by atoms with Gasteiger partial charge in [0.05, 0.1) is 0 Å². The lowest BCUT2D eigenvalue weighted by molar-refractivity contribution is 0.0993. The van der Waals surface area contributed by atoms with E-state index in [0.29, 0.717) is 11.1 Å². The number of carbonyl (C=O) groups excluding carboxylic acids is 1. The maximum atomic E-state index is 13.0. The number of benzene rings is 2. The molecule has 0 aliphatic carbocycles. The molecule has 0 atom stereocenters. The smallest absolute Gasteiger partial charge is 0.167 e. The Morgan fingerprint density at radius 2 is 2.00 bits per heavy atom. The standard InChI is InChI=1S/C15H12BrFO/c1-10-7-12(5-6-14(10)16)15(18)9-11-3-2-4-13(17)8-11/h2-8H,9H2,1H3. The van der Waals surface area contributed by atoms with Crippen LogP contribution in [0.15, 0.2) is 46.9 Å². The average molecular weight is 307 g/mol. The van der Waals surface area contributed by atoms with Gasteiger partial charge < -0.3 is 0 Å². The second kappa shape index (κ2) is 5.44. The first-order chi connectivity index (χ1) is 8.56. The second-order valence-corrected chi connectivity index (χ2v) is 5.05. The molecule has 0 unspecified atom stereocenters. The summed E-state index contributed by atoms with van der Waals surface area (Å²) >= 11 is 3.39. The maximum absolute atomic E-state index is 13.0. The lowest BCUT2D eigenvalue weighted by atomic mass is 10.0. The number of Topliss-reactive ketones (excluding diaryl/α,β-unsaturated/α-hetero) is 1. The van der Waals surface area contributed by atoms with Gasteiger partial charge in [0.15, 0.2) is 5.78 Å². The molecule has 1 nitrogen and oxygen atoms in total. The Balaban J connectivity index is 2.19. The molecule has 0 amide bonds. The molecular formula is C15H12BrFO. The van der Waals surface area contributed by atoms with Gasteiger partial charge >= 0.3 is 0 Å². The number of carbonyl (C=O) groups is 1. The van der Waals surface area contributed by atoms with Crippen LogP contribution in [0.2, 0.25) is 0 Å². The van der Waals surface area contributed by atoms with Gasteiger partial charge in [0, 0.05) is 16.5 Å². The number of ketones is 1. The van der Waals surface area contributed by atoms with E-state index in [9.17, 15) is 9.18 Å². The van der Waals surface area contributed by atoms with Gasteiger partial charge in [0.2, 0.25) is 0 Å². The molecular weight excluding hydrogens is 295 g/mol. The Kier molecular flexibility index (Phi) is 3.92. The van der Waals surface area contributed by atoms with Gasteiger partial charge in [-0.2, -0.15) is 0 Å². The Bertz CT molecular complexity index is 593. The van der Waals surface area contributed by atoms with E-state index >= 15 is 0 Å². The molecule has 92 valence electrons. The average Bonchev–Trinajstić information content (AvgIpc) is 2.32. The van der Waals surface area contributed by atoms with Gasteiger partial charge in [-0.25, -0.2) is 4.39 Å². The van der Waals surface area contributed by atoms with Gasteiger partial charge in [0.1, 0.15) is 5.82 Å². The summed E-state index contributed by atoms with van der Waals surface area (Å²) in [6.45, 7) is 1.93. The summed E-state index contributed by atoms with van der Waals surface area (Å²) in [6.07, 6.45) is 0.221. The van der Waals surface area contributed by atoms with Gasteiger partial charge in [-0.3, -0.25) is 4.79 Å². The molecule has 2 aromatic carbocycles. The predicted molar refractivity (Wildman–Crippen MR) is 73.3 cm³/mol. The summed E-state index contributed by atoms with van der Waals surface area (Å²) in [7, 11) is 0. The molecule has 0 heterocycles. The van der Waals surface area contributed by atoms with Crippen molar-refractivity contribution in [2.75, 3.05) is 0 Å². The molecule has 2 rings (SSSR count). The van der Waals surface area contributed by atoms with Gasteiger partial charge in [-0.15, -0.1) is 0 Å². The van der Waals surface area contributed by atoms with Crippen molar-refractivity contribution in [2.24, 2.45) is 0 Å². The van der Waals surface area contributed by atoms with Crippen LogP contribution < -0.4 is 0 Å². The van der Waals surface area contributed by atoms with E-state index in [0.717, 1.165) is 10.0 Å². The van der Waals surface area contributed by atoms with Crippen molar-refractivity contribution in [1.82, 2.24) is 0 Å². The molecule has 3 heteroatoms. The third-order valence-corrected chi connectivity index (χ3v) is 3.62. The van der Waals surface area contributed by atoms with Crippen molar-refractivity contribution >= 4 is 21.7 Å². The fourth-order valence-corrected chi connectivity index (χ4v) is 2.00. The number of hydrogen-bond donors (Lipinski definition) is 0. The minimum absolute atomic E-state index is 0.00352. The van der Waals surface area contributed by atoms with Crippen LogP contribution in [0.4, 0.5) is 4.39 Å². The molecule has 0 aromatic heterocycles. The van der Waals surface area contributed by atoms with E-state index in [1.165, 1.54) is 12.1 Å². The highest BCUT2D eigenvalue weighted by Crippen LogP contribution is 2.18. The first kappa shape index (κ1) is 13.0. The normalized spacial score (nSPS) is 10.4. The first-order valence-electron chi connectivity index (χ1n) is 5.60. The lowest BCUT2D eigenvalue weighted by Crippen LogP contribution is -2.04. The minimum atomic E-state index is -0.313. The van der Waals surface area contributed by atoms with Crippen LogP contribution >= 0.6 is 15.9 Å². The summed E-state index contributed by atoms with van der Waals surface area (Å²) < 4.78 is 14.0. The van der Waals surface area contributed by atoms with Gasteiger partial charge in [-0.1, -0.05) is 34.1 Å². The van der Waals surface area contributed by atoms with E-state index in [1.54, 1.807) is 18.2 Å². The van der Waals surface area contributed by atoms with E-state index in [4.69, 9.17) is 0 Å². The molecule has 0 radical (unpaired) electrons. The molecule has 0 aliphatic rings. The Hall–Kier alpha value is -1.48. The Labute approximate surface area is 114 Å². The molecule has 0 bridgehead atoms. The summed E-state index contributed by atoms with van der Waals surface area (Å²) in [6, 6.07) is 11.6. The van der Waals surface area contributed by atoms with Crippen LogP contribution in [-0.4, -0.2) is 5.78 Å². The largest absolute Gasteiger partial charge is 0.294 e. The minimum Gasteiger partial charge on any atom is -0.294 e. The lowest BCUT2D eigenvalue weighted by Gasteiger charge is -2.04. The van der Waals surface area contributed by atoms with Crippen molar-refractivity contribution in [2.45, 2.75) is 13.3 Å². The van der Waals surface area contributed by atoms with E-state index in [1.807, 2.05) is 19.1 Å². The van der Waals surface area contributed by atoms with Crippen LogP contribution in [0.1, 0.15) is 21.5 Å². The summed E-state index contributed by atoms with van der Waals surface area (Å²) in [4.78, 5) is 12.1. The number of aryl methyl sites for hydroxylation is 1. The molecule has 0 fully saturated rings. The summed E-state index contributed by atoms with van der Waals surface area (Å²) in [5.74, 6) is -0.316. The Morgan fingerprint density at radius 1 is 1.22 bits per heavy atom. The van der Waals surface area contributed by atoms with Gasteiger partial charge in [0.25, 0.3) is 0 Å². The summed E-state index contributed by atoms with van der Waals surface area (Å²) in [5, 5.41) is 0. The Morgan fingerprint density at radius 3 is 2.67 bits per heavy atom. The molecule has 0 spiro atoms. The zero-order valence-corrected chi connectivity index (χ0v) is 11.5. The van der Waals surface area contributed by atoms with Crippen LogP contribution in [0, 0.1) is 12.7 Å². The predicted octanol–water partition coefficient (Wildman–Crippen LogP) is 4.32.